The Kier molecular flexibility index (Phi) is 6.42. The van der Waals surface area contributed by atoms with Crippen LogP contribution >= 0.6 is 0 Å². The Morgan fingerprint density at radius 1 is 0.852 bits per heavy atom. The largest absolute Gasteiger partial charge is 0.462 e. The fourth-order valence-corrected chi connectivity index (χ4v) is 2.93. The summed E-state index contributed by atoms with van der Waals surface area (Å²) in [5.41, 5.74) is 3.57. The van der Waals surface area contributed by atoms with E-state index in [2.05, 4.69) is 29.6 Å². The van der Waals surface area contributed by atoms with E-state index in [9.17, 15) is 4.79 Å². The second-order valence-electron chi connectivity index (χ2n) is 6.07. The first-order valence-electron chi connectivity index (χ1n) is 9.08. The van der Waals surface area contributed by atoms with Crippen LogP contribution in [0.4, 0.5) is 0 Å². The lowest BCUT2D eigenvalue weighted by molar-refractivity contribution is -0.136. The highest BCUT2D eigenvalue weighted by atomic mass is 16.5. The van der Waals surface area contributed by atoms with Gasteiger partial charge in [0.25, 0.3) is 0 Å². The minimum Gasteiger partial charge on any atom is -0.462 e. The van der Waals surface area contributed by atoms with E-state index in [0.717, 1.165) is 16.7 Å². The normalized spacial score (nSPS) is 11.3. The molecule has 3 rings (SSSR count). The van der Waals surface area contributed by atoms with Crippen molar-refractivity contribution in [1.29, 1.82) is 0 Å². The number of hydrogen-bond donors (Lipinski definition) is 1. The molecule has 0 aliphatic rings. The molecule has 0 fully saturated rings. The van der Waals surface area contributed by atoms with Gasteiger partial charge in [0.05, 0.1) is 18.2 Å². The van der Waals surface area contributed by atoms with E-state index in [-0.39, 0.29) is 12.0 Å². The minimum absolute atomic E-state index is 0.0689. The van der Waals surface area contributed by atoms with Crippen LogP contribution < -0.4 is 5.32 Å². The lowest BCUT2D eigenvalue weighted by Gasteiger charge is -2.19. The first-order chi connectivity index (χ1) is 13.3. The quantitative estimate of drug-likeness (QED) is 0.479. The Labute approximate surface area is 160 Å². The monoisotopic (exact) mass is 357 g/mol. The second-order valence-corrected chi connectivity index (χ2v) is 6.07. The molecule has 3 aromatic rings. The van der Waals surface area contributed by atoms with Crippen molar-refractivity contribution in [2.24, 2.45) is 0 Å². The lowest BCUT2D eigenvalue weighted by Crippen LogP contribution is -2.19. The summed E-state index contributed by atoms with van der Waals surface area (Å²) in [4.78, 5) is 12.5. The van der Waals surface area contributed by atoms with Gasteiger partial charge in [0.2, 0.25) is 0 Å². The van der Waals surface area contributed by atoms with Gasteiger partial charge in [-0.1, -0.05) is 91.0 Å². The molecule has 0 heterocycles. The molecule has 0 aromatic heterocycles. The molecule has 1 N–H and O–H groups in total. The van der Waals surface area contributed by atoms with Crippen LogP contribution in [0.1, 0.15) is 29.7 Å². The van der Waals surface area contributed by atoms with Crippen LogP contribution in [0.3, 0.4) is 0 Å². The number of esters is 1. The number of hydrogen-bond acceptors (Lipinski definition) is 3. The van der Waals surface area contributed by atoms with Crippen LogP contribution in [0, 0.1) is 0 Å². The number of carbonyl (C=O) groups is 1. The first-order valence-corrected chi connectivity index (χ1v) is 9.08. The SMILES string of the molecule is CCOC(=O)/C(=C/NC(c1ccccc1)c1ccccc1)c1ccccc1. The van der Waals surface area contributed by atoms with Crippen LogP contribution in [0.25, 0.3) is 5.57 Å². The molecule has 0 aliphatic heterocycles. The molecule has 27 heavy (non-hydrogen) atoms. The Bertz CT molecular complexity index is 835. The topological polar surface area (TPSA) is 38.3 Å². The highest BCUT2D eigenvalue weighted by Crippen LogP contribution is 2.23. The summed E-state index contributed by atoms with van der Waals surface area (Å²) >= 11 is 0. The molecule has 136 valence electrons. The van der Waals surface area contributed by atoms with Gasteiger partial charge in [-0.05, 0) is 23.6 Å². The molecule has 0 bridgehead atoms. The molecule has 0 saturated heterocycles. The number of nitrogens with one attached hydrogen (secondary N) is 1. The molecule has 0 spiro atoms. The van der Waals surface area contributed by atoms with Gasteiger partial charge in [-0.2, -0.15) is 0 Å². The van der Waals surface area contributed by atoms with Crippen LogP contribution in [0.2, 0.25) is 0 Å². The van der Waals surface area contributed by atoms with Gasteiger partial charge in [-0.25, -0.2) is 4.79 Å². The molecule has 3 nitrogen and oxygen atoms in total. The van der Waals surface area contributed by atoms with Crippen molar-refractivity contribution >= 4 is 11.5 Å². The van der Waals surface area contributed by atoms with Gasteiger partial charge in [0.1, 0.15) is 0 Å². The number of carbonyl (C=O) groups excluding carboxylic acids is 1. The lowest BCUT2D eigenvalue weighted by atomic mass is 9.98. The van der Waals surface area contributed by atoms with Gasteiger partial charge in [-0.3, -0.25) is 0 Å². The van der Waals surface area contributed by atoms with Gasteiger partial charge >= 0.3 is 5.97 Å². The van der Waals surface area contributed by atoms with Gasteiger partial charge in [0.15, 0.2) is 0 Å². The predicted molar refractivity (Wildman–Crippen MR) is 109 cm³/mol. The molecular weight excluding hydrogens is 334 g/mol. The van der Waals surface area contributed by atoms with Gasteiger partial charge in [-0.15, -0.1) is 0 Å². The average Bonchev–Trinajstić information content (AvgIpc) is 2.73. The van der Waals surface area contributed by atoms with Crippen molar-refractivity contribution in [2.45, 2.75) is 13.0 Å². The van der Waals surface area contributed by atoms with Crippen molar-refractivity contribution in [3.8, 4) is 0 Å². The molecule has 3 aromatic carbocycles. The Morgan fingerprint density at radius 3 is 1.81 bits per heavy atom. The third-order valence-electron chi connectivity index (χ3n) is 4.24. The zero-order chi connectivity index (χ0) is 18.9. The molecule has 0 radical (unpaired) electrons. The fraction of sp³-hybridized carbons (Fsp3) is 0.125. The molecule has 0 aliphatic carbocycles. The van der Waals surface area contributed by atoms with Gasteiger partial charge < -0.3 is 10.1 Å². The van der Waals surface area contributed by atoms with Crippen LogP contribution in [-0.4, -0.2) is 12.6 Å². The maximum Gasteiger partial charge on any atom is 0.340 e. The number of rotatable bonds is 7. The zero-order valence-electron chi connectivity index (χ0n) is 15.3. The standard InChI is InChI=1S/C24H23NO2/c1-2-27-24(26)22(19-12-6-3-7-13-19)18-25-23(20-14-8-4-9-15-20)21-16-10-5-11-17-21/h3-18,23,25H,2H2,1H3/b22-18+. The van der Waals surface area contributed by atoms with Crippen molar-refractivity contribution in [3.63, 3.8) is 0 Å². The van der Waals surface area contributed by atoms with Crippen molar-refractivity contribution < 1.29 is 9.53 Å². The van der Waals surface area contributed by atoms with Crippen LogP contribution in [0.5, 0.6) is 0 Å². The van der Waals surface area contributed by atoms with Crippen molar-refractivity contribution in [2.75, 3.05) is 6.61 Å². The van der Waals surface area contributed by atoms with E-state index in [4.69, 9.17) is 4.74 Å². The zero-order valence-corrected chi connectivity index (χ0v) is 15.3. The molecule has 0 atom stereocenters. The fourth-order valence-electron chi connectivity index (χ4n) is 2.93. The Morgan fingerprint density at radius 2 is 1.33 bits per heavy atom. The summed E-state index contributed by atoms with van der Waals surface area (Å²) < 4.78 is 5.25. The summed E-state index contributed by atoms with van der Waals surface area (Å²) in [7, 11) is 0. The van der Waals surface area contributed by atoms with Crippen LogP contribution in [0.15, 0.2) is 97.2 Å². The Hall–Kier alpha value is -3.33. The van der Waals surface area contributed by atoms with E-state index in [0.29, 0.717) is 12.2 Å². The molecular formula is C24H23NO2. The van der Waals surface area contributed by atoms with Crippen molar-refractivity contribution in [1.82, 2.24) is 5.32 Å². The second kappa shape index (κ2) is 9.39. The van der Waals surface area contributed by atoms with E-state index >= 15 is 0 Å². The van der Waals surface area contributed by atoms with E-state index < -0.39 is 0 Å². The predicted octanol–water partition coefficient (Wildman–Crippen LogP) is 4.97. The van der Waals surface area contributed by atoms with Gasteiger partial charge in [0, 0.05) is 6.20 Å². The Balaban J connectivity index is 1.96. The van der Waals surface area contributed by atoms with E-state index in [1.807, 2.05) is 73.7 Å². The first kappa shape index (κ1) is 18.5. The maximum atomic E-state index is 12.5. The summed E-state index contributed by atoms with van der Waals surface area (Å²) in [5, 5.41) is 3.43. The molecule has 3 heteroatoms. The third-order valence-corrected chi connectivity index (χ3v) is 4.24. The number of ether oxygens (including phenoxy) is 1. The van der Waals surface area contributed by atoms with Crippen LogP contribution in [-0.2, 0) is 9.53 Å². The minimum atomic E-state index is -0.337. The smallest absolute Gasteiger partial charge is 0.340 e. The summed E-state index contributed by atoms with van der Waals surface area (Å²) in [6.07, 6.45) is 1.76. The van der Waals surface area contributed by atoms with E-state index in [1.165, 1.54) is 0 Å². The highest BCUT2D eigenvalue weighted by Gasteiger charge is 2.16. The molecule has 0 saturated carbocycles. The summed E-state index contributed by atoms with van der Waals surface area (Å²) in [5.74, 6) is -0.337. The van der Waals surface area contributed by atoms with E-state index in [1.54, 1.807) is 6.20 Å². The van der Waals surface area contributed by atoms with Crippen molar-refractivity contribution in [3.05, 3.63) is 114 Å². The molecule has 0 unspecified atom stereocenters. The molecule has 0 amide bonds. The average molecular weight is 357 g/mol. The highest BCUT2D eigenvalue weighted by molar-refractivity contribution is 6.16. The maximum absolute atomic E-state index is 12.5. The summed E-state index contributed by atoms with van der Waals surface area (Å²) in [6.45, 7) is 2.15. The summed E-state index contributed by atoms with van der Waals surface area (Å²) in [6, 6.07) is 29.8. The third kappa shape index (κ3) is 4.85. The number of benzene rings is 3.